The van der Waals surface area contributed by atoms with E-state index in [9.17, 15) is 19.8 Å². The van der Waals surface area contributed by atoms with E-state index in [1.807, 2.05) is 0 Å². The molecule has 2 aliphatic carbocycles. The Morgan fingerprint density at radius 2 is 2.00 bits per heavy atom. The molecule has 0 aromatic carbocycles. The summed E-state index contributed by atoms with van der Waals surface area (Å²) in [4.78, 5) is 25.1. The lowest BCUT2D eigenvalue weighted by molar-refractivity contribution is 0.0432. The number of carbonyl (C=O) groups is 2. The molecule has 1 aromatic heterocycles. The van der Waals surface area contributed by atoms with Crippen molar-refractivity contribution in [2.75, 3.05) is 0 Å². The molecule has 110 valence electrons. The van der Waals surface area contributed by atoms with Crippen molar-refractivity contribution in [3.05, 3.63) is 47.0 Å². The minimum Gasteiger partial charge on any atom is -0.454 e. The number of aliphatic hydroxyl groups is 2. The third-order valence-corrected chi connectivity index (χ3v) is 3.94. The lowest BCUT2D eigenvalue weighted by Crippen LogP contribution is -2.45. The predicted molar refractivity (Wildman–Crippen MR) is 74.0 cm³/mol. The SMILES string of the molecule is CC(C)(O)c1cc2c(o1)C(=O)C1=CC=CC(C)(O)C1C2=O. The van der Waals surface area contributed by atoms with Crippen LogP contribution in [0.25, 0.3) is 0 Å². The van der Waals surface area contributed by atoms with Gasteiger partial charge in [0.05, 0.1) is 17.1 Å². The van der Waals surface area contributed by atoms with Gasteiger partial charge >= 0.3 is 0 Å². The first-order valence-corrected chi connectivity index (χ1v) is 6.70. The van der Waals surface area contributed by atoms with Crippen LogP contribution in [0.2, 0.25) is 0 Å². The number of rotatable bonds is 1. The van der Waals surface area contributed by atoms with Crippen LogP contribution in [-0.4, -0.2) is 27.4 Å². The van der Waals surface area contributed by atoms with Crippen LogP contribution in [0.1, 0.15) is 47.4 Å². The van der Waals surface area contributed by atoms with Crippen LogP contribution in [0.15, 0.2) is 34.3 Å². The van der Waals surface area contributed by atoms with Crippen LogP contribution < -0.4 is 0 Å². The van der Waals surface area contributed by atoms with Crippen molar-refractivity contribution >= 4 is 11.6 Å². The number of allylic oxidation sites excluding steroid dienone is 2. The highest BCUT2D eigenvalue weighted by molar-refractivity contribution is 6.23. The van der Waals surface area contributed by atoms with Gasteiger partial charge in [-0.1, -0.05) is 18.2 Å². The molecule has 0 amide bonds. The molecule has 0 radical (unpaired) electrons. The van der Waals surface area contributed by atoms with Crippen LogP contribution >= 0.6 is 0 Å². The maximum Gasteiger partial charge on any atom is 0.225 e. The Bertz CT molecular complexity index is 710. The van der Waals surface area contributed by atoms with E-state index in [4.69, 9.17) is 4.42 Å². The van der Waals surface area contributed by atoms with Crippen LogP contribution in [0.5, 0.6) is 0 Å². The van der Waals surface area contributed by atoms with Gasteiger partial charge in [0, 0.05) is 5.57 Å². The zero-order valence-corrected chi connectivity index (χ0v) is 12.0. The first-order valence-electron chi connectivity index (χ1n) is 6.70. The molecule has 0 saturated heterocycles. The lowest BCUT2D eigenvalue weighted by atomic mass is 9.70. The molecule has 0 aliphatic heterocycles. The molecule has 0 spiro atoms. The minimum atomic E-state index is -1.42. The Kier molecular flexibility index (Phi) is 2.68. The first kappa shape index (κ1) is 14.0. The summed E-state index contributed by atoms with van der Waals surface area (Å²) in [6.45, 7) is 4.51. The van der Waals surface area contributed by atoms with E-state index in [0.29, 0.717) is 0 Å². The topological polar surface area (TPSA) is 87.7 Å². The number of furan rings is 1. The number of fused-ring (bicyclic) bond motifs is 2. The summed E-state index contributed by atoms with van der Waals surface area (Å²) in [5.41, 5.74) is -2.37. The van der Waals surface area contributed by atoms with E-state index in [2.05, 4.69) is 0 Å². The highest BCUT2D eigenvalue weighted by Gasteiger charge is 2.49. The fourth-order valence-corrected chi connectivity index (χ4v) is 2.80. The Hall–Kier alpha value is -1.98. The van der Waals surface area contributed by atoms with Gasteiger partial charge in [0.25, 0.3) is 0 Å². The van der Waals surface area contributed by atoms with Crippen LogP contribution in [0.3, 0.4) is 0 Å². The van der Waals surface area contributed by atoms with Gasteiger partial charge < -0.3 is 14.6 Å². The normalized spacial score (nSPS) is 28.2. The van der Waals surface area contributed by atoms with Crippen molar-refractivity contribution in [2.45, 2.75) is 32.0 Å². The van der Waals surface area contributed by atoms with Crippen molar-refractivity contribution in [1.29, 1.82) is 0 Å². The number of ketones is 2. The number of hydrogen-bond acceptors (Lipinski definition) is 5. The van der Waals surface area contributed by atoms with Gasteiger partial charge in [-0.15, -0.1) is 0 Å². The minimum absolute atomic E-state index is 0.0641. The highest BCUT2D eigenvalue weighted by Crippen LogP contribution is 2.41. The summed E-state index contributed by atoms with van der Waals surface area (Å²) in [5.74, 6) is -1.64. The molecule has 5 nitrogen and oxygen atoms in total. The summed E-state index contributed by atoms with van der Waals surface area (Å²) < 4.78 is 5.40. The standard InChI is InChI=1S/C16H16O5/c1-15(2,19)10-7-9-12(17)11-8(13(18)14(9)21-10)5-4-6-16(11,3)20/h4-7,11,19-20H,1-3H3. The Morgan fingerprint density at radius 3 is 2.62 bits per heavy atom. The van der Waals surface area contributed by atoms with E-state index in [-0.39, 0.29) is 28.4 Å². The van der Waals surface area contributed by atoms with E-state index < -0.39 is 22.9 Å². The summed E-state index contributed by atoms with van der Waals surface area (Å²) in [5, 5.41) is 20.3. The monoisotopic (exact) mass is 288 g/mol. The predicted octanol–water partition coefficient (Wildman–Crippen LogP) is 1.75. The van der Waals surface area contributed by atoms with E-state index in [1.165, 1.54) is 39.0 Å². The van der Waals surface area contributed by atoms with E-state index in [1.54, 1.807) is 6.08 Å². The molecule has 0 fully saturated rings. The van der Waals surface area contributed by atoms with Gasteiger partial charge in [-0.25, -0.2) is 0 Å². The molecule has 1 aromatic rings. The second-order valence-corrected chi connectivity index (χ2v) is 6.25. The molecular formula is C16H16O5. The molecule has 2 aliphatic rings. The molecule has 0 saturated carbocycles. The molecule has 2 unspecified atom stereocenters. The summed E-state index contributed by atoms with van der Waals surface area (Å²) in [7, 11) is 0. The van der Waals surface area contributed by atoms with Gasteiger partial charge in [-0.05, 0) is 26.8 Å². The molecule has 2 atom stereocenters. The smallest absolute Gasteiger partial charge is 0.225 e. The van der Waals surface area contributed by atoms with Crippen LogP contribution in [0.4, 0.5) is 0 Å². The van der Waals surface area contributed by atoms with Crippen molar-refractivity contribution in [1.82, 2.24) is 0 Å². The fourth-order valence-electron chi connectivity index (χ4n) is 2.80. The average molecular weight is 288 g/mol. The largest absolute Gasteiger partial charge is 0.454 e. The van der Waals surface area contributed by atoms with E-state index in [0.717, 1.165) is 0 Å². The second kappa shape index (κ2) is 4.02. The third kappa shape index (κ3) is 1.92. The maximum absolute atomic E-state index is 12.6. The quantitative estimate of drug-likeness (QED) is 0.822. The Balaban J connectivity index is 2.20. The van der Waals surface area contributed by atoms with Gasteiger partial charge in [-0.2, -0.15) is 0 Å². The molecule has 3 rings (SSSR count). The van der Waals surface area contributed by atoms with Crippen LogP contribution in [0, 0.1) is 5.92 Å². The highest BCUT2D eigenvalue weighted by atomic mass is 16.4. The maximum atomic E-state index is 12.6. The molecule has 21 heavy (non-hydrogen) atoms. The van der Waals surface area contributed by atoms with Crippen LogP contribution in [-0.2, 0) is 5.60 Å². The van der Waals surface area contributed by atoms with Crippen molar-refractivity contribution < 1.29 is 24.2 Å². The van der Waals surface area contributed by atoms with Crippen molar-refractivity contribution in [3.8, 4) is 0 Å². The van der Waals surface area contributed by atoms with E-state index >= 15 is 0 Å². The van der Waals surface area contributed by atoms with Gasteiger partial charge in [0.2, 0.25) is 5.78 Å². The number of carbonyl (C=O) groups excluding carboxylic acids is 2. The van der Waals surface area contributed by atoms with Gasteiger partial charge in [-0.3, -0.25) is 9.59 Å². The fraction of sp³-hybridized carbons (Fsp3) is 0.375. The summed E-state index contributed by atoms with van der Waals surface area (Å²) >= 11 is 0. The summed E-state index contributed by atoms with van der Waals surface area (Å²) in [6, 6.07) is 1.39. The average Bonchev–Trinajstić information content (AvgIpc) is 2.80. The van der Waals surface area contributed by atoms with Crippen molar-refractivity contribution in [2.24, 2.45) is 5.92 Å². The number of hydrogen-bond donors (Lipinski definition) is 2. The zero-order chi connectivity index (χ0) is 15.6. The molecular weight excluding hydrogens is 272 g/mol. The molecule has 2 N–H and O–H groups in total. The zero-order valence-electron chi connectivity index (χ0n) is 12.0. The Labute approximate surface area is 121 Å². The van der Waals surface area contributed by atoms with Crippen molar-refractivity contribution in [3.63, 3.8) is 0 Å². The lowest BCUT2D eigenvalue weighted by Gasteiger charge is -2.34. The molecule has 0 bridgehead atoms. The second-order valence-electron chi connectivity index (χ2n) is 6.25. The third-order valence-electron chi connectivity index (χ3n) is 3.94. The molecule has 5 heteroatoms. The first-order chi connectivity index (χ1) is 9.63. The molecule has 1 heterocycles. The van der Waals surface area contributed by atoms with Gasteiger partial charge in [0.1, 0.15) is 11.4 Å². The summed E-state index contributed by atoms with van der Waals surface area (Å²) in [6.07, 6.45) is 4.58. The van der Waals surface area contributed by atoms with Gasteiger partial charge in [0.15, 0.2) is 11.5 Å². The Morgan fingerprint density at radius 1 is 1.33 bits per heavy atom. The number of Topliss-reactive ketones (excluding diaryl/α,β-unsaturated/α-hetero) is 2.